The SMILES string of the molecule is Cc1ccccc1Nc1nnc(SCc2cc(=O)oc3ccc4ccccc4c23)s1. The number of benzene rings is 3. The topological polar surface area (TPSA) is 68.0 Å². The van der Waals surface area contributed by atoms with Gasteiger partial charge in [-0.1, -0.05) is 71.6 Å². The molecular formula is C23H17N3O2S2. The van der Waals surface area contributed by atoms with E-state index in [0.29, 0.717) is 11.3 Å². The minimum Gasteiger partial charge on any atom is -0.423 e. The van der Waals surface area contributed by atoms with Gasteiger partial charge in [0.25, 0.3) is 0 Å². The number of hydrogen-bond acceptors (Lipinski definition) is 7. The fourth-order valence-corrected chi connectivity index (χ4v) is 5.16. The smallest absolute Gasteiger partial charge is 0.336 e. The van der Waals surface area contributed by atoms with Gasteiger partial charge >= 0.3 is 5.63 Å². The average Bonchev–Trinajstić information content (AvgIpc) is 3.20. The summed E-state index contributed by atoms with van der Waals surface area (Å²) in [6.45, 7) is 2.05. The van der Waals surface area contributed by atoms with Gasteiger partial charge in [-0.3, -0.25) is 0 Å². The zero-order chi connectivity index (χ0) is 20.5. The molecule has 148 valence electrons. The highest BCUT2D eigenvalue weighted by Crippen LogP contribution is 2.34. The Labute approximate surface area is 180 Å². The van der Waals surface area contributed by atoms with Gasteiger partial charge in [-0.25, -0.2) is 4.79 Å². The molecule has 0 atom stereocenters. The van der Waals surface area contributed by atoms with Crippen molar-refractivity contribution in [2.75, 3.05) is 5.32 Å². The number of nitrogens with one attached hydrogen (secondary N) is 1. The standard InChI is InChI=1S/C23H17N3O2S2/c1-14-6-2-5-9-18(14)24-22-25-26-23(30-22)29-13-16-12-20(27)28-19-11-10-15-7-3-4-8-17(15)21(16)19/h2-12H,13H2,1H3,(H,24,25). The second-order valence-corrected chi connectivity index (χ2v) is 9.05. The number of nitrogens with zero attached hydrogens (tertiary/aromatic N) is 2. The van der Waals surface area contributed by atoms with E-state index in [0.717, 1.165) is 42.4 Å². The van der Waals surface area contributed by atoms with Crippen molar-refractivity contribution in [1.29, 1.82) is 0 Å². The third-order valence-electron chi connectivity index (χ3n) is 4.86. The van der Waals surface area contributed by atoms with Crippen molar-refractivity contribution in [2.24, 2.45) is 0 Å². The number of aryl methyl sites for hydroxylation is 1. The van der Waals surface area contributed by atoms with Crippen LogP contribution in [0.15, 0.2) is 80.3 Å². The maximum Gasteiger partial charge on any atom is 0.336 e. The molecule has 0 saturated carbocycles. The van der Waals surface area contributed by atoms with Crippen LogP contribution < -0.4 is 10.9 Å². The third-order valence-corrected chi connectivity index (χ3v) is 6.88. The molecule has 0 radical (unpaired) electrons. The van der Waals surface area contributed by atoms with Crippen molar-refractivity contribution in [3.8, 4) is 0 Å². The highest BCUT2D eigenvalue weighted by atomic mass is 32.2. The molecule has 0 fully saturated rings. The molecule has 5 aromatic rings. The fourth-order valence-electron chi connectivity index (χ4n) is 3.42. The zero-order valence-corrected chi connectivity index (χ0v) is 17.7. The number of thioether (sulfide) groups is 1. The molecule has 30 heavy (non-hydrogen) atoms. The van der Waals surface area contributed by atoms with Gasteiger partial charge in [0.2, 0.25) is 5.13 Å². The van der Waals surface area contributed by atoms with Crippen molar-refractivity contribution in [1.82, 2.24) is 10.2 Å². The zero-order valence-electron chi connectivity index (χ0n) is 16.1. The van der Waals surface area contributed by atoms with E-state index in [9.17, 15) is 4.79 Å². The summed E-state index contributed by atoms with van der Waals surface area (Å²) in [4.78, 5) is 12.1. The van der Waals surface area contributed by atoms with E-state index in [4.69, 9.17) is 4.42 Å². The first-order valence-corrected chi connectivity index (χ1v) is 11.2. The molecule has 0 aliphatic rings. The lowest BCUT2D eigenvalue weighted by molar-refractivity contribution is 0.560. The summed E-state index contributed by atoms with van der Waals surface area (Å²) >= 11 is 3.06. The van der Waals surface area contributed by atoms with Crippen molar-refractivity contribution < 1.29 is 4.42 Å². The van der Waals surface area contributed by atoms with Gasteiger partial charge in [-0.15, -0.1) is 10.2 Å². The minimum absolute atomic E-state index is 0.340. The Kier molecular flexibility index (Phi) is 4.98. The van der Waals surface area contributed by atoms with Gasteiger partial charge in [0.15, 0.2) is 4.34 Å². The number of fused-ring (bicyclic) bond motifs is 3. The van der Waals surface area contributed by atoms with Crippen molar-refractivity contribution >= 4 is 55.7 Å². The molecule has 5 nitrogen and oxygen atoms in total. The summed E-state index contributed by atoms with van der Waals surface area (Å²) in [6.07, 6.45) is 0. The lowest BCUT2D eigenvalue weighted by Gasteiger charge is -2.07. The number of hydrogen-bond donors (Lipinski definition) is 1. The fraction of sp³-hybridized carbons (Fsp3) is 0.0870. The summed E-state index contributed by atoms with van der Waals surface area (Å²) in [6, 6.07) is 21.6. The lowest BCUT2D eigenvalue weighted by atomic mass is 10.0. The highest BCUT2D eigenvalue weighted by molar-refractivity contribution is 8.00. The van der Waals surface area contributed by atoms with E-state index in [1.54, 1.807) is 17.8 Å². The Morgan fingerprint density at radius 1 is 1.03 bits per heavy atom. The monoisotopic (exact) mass is 431 g/mol. The number of para-hydroxylation sites is 1. The molecule has 0 unspecified atom stereocenters. The summed E-state index contributed by atoms with van der Waals surface area (Å²) in [7, 11) is 0. The maximum atomic E-state index is 12.1. The molecule has 0 aliphatic carbocycles. The molecule has 2 aromatic heterocycles. The van der Waals surface area contributed by atoms with Crippen molar-refractivity contribution in [3.05, 3.63) is 88.3 Å². The van der Waals surface area contributed by atoms with Crippen LogP contribution in [0.5, 0.6) is 0 Å². The van der Waals surface area contributed by atoms with E-state index in [-0.39, 0.29) is 5.63 Å². The Hall–Kier alpha value is -3.16. The molecule has 3 aromatic carbocycles. The van der Waals surface area contributed by atoms with Gasteiger partial charge in [-0.2, -0.15) is 0 Å². The predicted octanol–water partition coefficient (Wildman–Crippen LogP) is 6.14. The highest BCUT2D eigenvalue weighted by Gasteiger charge is 2.12. The molecule has 0 amide bonds. The molecule has 1 N–H and O–H groups in total. The largest absolute Gasteiger partial charge is 0.423 e. The molecular weight excluding hydrogens is 414 g/mol. The Morgan fingerprint density at radius 3 is 2.77 bits per heavy atom. The lowest BCUT2D eigenvalue weighted by Crippen LogP contribution is -2.00. The first-order chi connectivity index (χ1) is 14.7. The van der Waals surface area contributed by atoms with Crippen LogP contribution in [0, 0.1) is 6.92 Å². The Bertz CT molecular complexity index is 1430. The van der Waals surface area contributed by atoms with Crippen LogP contribution in [-0.2, 0) is 5.75 Å². The summed E-state index contributed by atoms with van der Waals surface area (Å²) in [5.41, 5.74) is 3.37. The van der Waals surface area contributed by atoms with Gasteiger partial charge in [0.05, 0.1) is 0 Å². The average molecular weight is 432 g/mol. The first kappa shape index (κ1) is 18.8. The van der Waals surface area contributed by atoms with Crippen molar-refractivity contribution in [2.45, 2.75) is 17.0 Å². The second kappa shape index (κ2) is 7.93. The number of aromatic nitrogens is 2. The molecule has 5 rings (SSSR count). The normalized spacial score (nSPS) is 11.2. The van der Waals surface area contributed by atoms with Crippen LogP contribution in [0.2, 0.25) is 0 Å². The second-order valence-electron chi connectivity index (χ2n) is 6.85. The van der Waals surface area contributed by atoms with E-state index < -0.39 is 0 Å². The minimum atomic E-state index is -0.340. The van der Waals surface area contributed by atoms with Gasteiger partial charge in [0, 0.05) is 22.9 Å². The number of anilines is 2. The van der Waals surface area contributed by atoms with E-state index >= 15 is 0 Å². The van der Waals surface area contributed by atoms with Gasteiger partial charge in [-0.05, 0) is 41.0 Å². The maximum absolute atomic E-state index is 12.1. The van der Waals surface area contributed by atoms with E-state index in [2.05, 4.69) is 40.6 Å². The molecule has 2 heterocycles. The van der Waals surface area contributed by atoms with Crippen LogP contribution in [0.1, 0.15) is 11.1 Å². The molecule has 7 heteroatoms. The summed E-state index contributed by atoms with van der Waals surface area (Å²) < 4.78 is 6.28. The van der Waals surface area contributed by atoms with Crippen LogP contribution in [0.4, 0.5) is 10.8 Å². The molecule has 0 aliphatic heterocycles. The van der Waals surface area contributed by atoms with Crippen LogP contribution in [0.3, 0.4) is 0 Å². The van der Waals surface area contributed by atoms with Crippen molar-refractivity contribution in [3.63, 3.8) is 0 Å². The Morgan fingerprint density at radius 2 is 1.87 bits per heavy atom. The third kappa shape index (κ3) is 3.69. The molecule has 0 spiro atoms. The van der Waals surface area contributed by atoms with E-state index in [1.165, 1.54) is 11.3 Å². The van der Waals surface area contributed by atoms with E-state index in [1.807, 2.05) is 42.5 Å². The van der Waals surface area contributed by atoms with Gasteiger partial charge in [0.1, 0.15) is 5.58 Å². The molecule has 0 bridgehead atoms. The molecule has 0 saturated heterocycles. The summed E-state index contributed by atoms with van der Waals surface area (Å²) in [5, 5.41) is 15.8. The Balaban J connectivity index is 1.43. The van der Waals surface area contributed by atoms with Crippen LogP contribution in [-0.4, -0.2) is 10.2 Å². The van der Waals surface area contributed by atoms with Crippen LogP contribution >= 0.6 is 23.1 Å². The first-order valence-electron chi connectivity index (χ1n) is 9.41. The summed E-state index contributed by atoms with van der Waals surface area (Å²) in [5.74, 6) is 0.606. The predicted molar refractivity (Wildman–Crippen MR) is 124 cm³/mol. The quantitative estimate of drug-likeness (QED) is 0.205. The number of rotatable bonds is 5. The van der Waals surface area contributed by atoms with Gasteiger partial charge < -0.3 is 9.73 Å². The van der Waals surface area contributed by atoms with Crippen LogP contribution in [0.25, 0.3) is 21.7 Å².